The minimum Gasteiger partial charge on any atom is -0.395 e. The molecule has 1 N–H and O–H groups in total. The van der Waals surface area contributed by atoms with E-state index in [9.17, 15) is 19.5 Å². The third kappa shape index (κ3) is 3.77. The zero-order chi connectivity index (χ0) is 27.4. The van der Waals surface area contributed by atoms with Gasteiger partial charge in [0, 0.05) is 36.0 Å². The summed E-state index contributed by atoms with van der Waals surface area (Å²) in [6, 6.07) is 15.3. The molecule has 2 fully saturated rings. The topological polar surface area (TPSA) is 90.4 Å². The van der Waals surface area contributed by atoms with Gasteiger partial charge in [0.05, 0.1) is 24.0 Å². The molecule has 0 radical (unpaired) electrons. The van der Waals surface area contributed by atoms with Crippen LogP contribution in [0.2, 0.25) is 5.02 Å². The first-order valence-electron chi connectivity index (χ1n) is 13.3. The highest BCUT2D eigenvalue weighted by Crippen LogP contribution is 2.58. The molecule has 5 atom stereocenters. The number of halogens is 1. The number of nitrogens with zero attached hydrogens (tertiary/aromatic N) is 3. The number of carbonyl (C=O) groups is 3. The molecule has 9 heteroatoms. The van der Waals surface area contributed by atoms with Crippen molar-refractivity contribution >= 4 is 40.7 Å². The van der Waals surface area contributed by atoms with Crippen molar-refractivity contribution in [3.8, 4) is 0 Å². The summed E-state index contributed by atoms with van der Waals surface area (Å²) in [6.07, 6.45) is 7.92. The van der Waals surface area contributed by atoms with E-state index in [-0.39, 0.29) is 37.4 Å². The van der Waals surface area contributed by atoms with Gasteiger partial charge in [-0.1, -0.05) is 61.0 Å². The number of hydrogen-bond acceptors (Lipinski definition) is 5. The van der Waals surface area contributed by atoms with Crippen LogP contribution < -0.4 is 9.80 Å². The van der Waals surface area contributed by atoms with Crippen LogP contribution in [0.5, 0.6) is 0 Å². The van der Waals surface area contributed by atoms with Gasteiger partial charge in [0.15, 0.2) is 0 Å². The van der Waals surface area contributed by atoms with Crippen LogP contribution in [0.15, 0.2) is 78.9 Å². The van der Waals surface area contributed by atoms with Crippen molar-refractivity contribution in [1.82, 2.24) is 4.90 Å². The number of aliphatic hydroxyl groups is 1. The molecule has 3 amide bonds. The lowest BCUT2D eigenvalue weighted by molar-refractivity contribution is -0.146. The Morgan fingerprint density at radius 2 is 1.51 bits per heavy atom. The van der Waals surface area contributed by atoms with Crippen LogP contribution >= 0.6 is 11.6 Å². The number of para-hydroxylation sites is 1. The number of likely N-dealkylation sites (tertiary alicyclic amines) is 1. The van der Waals surface area contributed by atoms with Gasteiger partial charge in [-0.05, 0) is 42.8 Å². The zero-order valence-corrected chi connectivity index (χ0v) is 22.3. The fourth-order valence-electron chi connectivity index (χ4n) is 6.80. The van der Waals surface area contributed by atoms with E-state index in [1.807, 2.05) is 61.6 Å². The number of β-amino-alcohol motifs (C(OH)–C–C–N with tert-alkyl or cyclic N) is 1. The molecular weight excluding hydrogens is 518 g/mol. The van der Waals surface area contributed by atoms with Crippen LogP contribution in [0.25, 0.3) is 0 Å². The van der Waals surface area contributed by atoms with Gasteiger partial charge in [-0.25, -0.2) is 0 Å². The molecule has 4 aliphatic rings. The van der Waals surface area contributed by atoms with Gasteiger partial charge in [0.25, 0.3) is 5.91 Å². The molecule has 2 aromatic carbocycles. The van der Waals surface area contributed by atoms with E-state index in [4.69, 9.17) is 16.3 Å². The lowest BCUT2D eigenvalue weighted by Crippen LogP contribution is -2.56. The summed E-state index contributed by atoms with van der Waals surface area (Å²) in [5.41, 5.74) is -1.07. The van der Waals surface area contributed by atoms with Crippen molar-refractivity contribution in [1.29, 1.82) is 0 Å². The summed E-state index contributed by atoms with van der Waals surface area (Å²) in [5, 5.41) is 10.4. The summed E-state index contributed by atoms with van der Waals surface area (Å²) in [7, 11) is 0. The van der Waals surface area contributed by atoms with Crippen LogP contribution in [0.4, 0.5) is 11.4 Å². The Labute approximate surface area is 232 Å². The average Bonchev–Trinajstić information content (AvgIpc) is 3.22. The SMILES string of the molecule is CC[C@@]12C=CCN(c3ccccc3)C(=O)[C@@H]1[C@H]1C(=O)N(CCO)C3C(=O)N(c4ccc(Cl)cc4)CC=C[C@@]31O2. The Morgan fingerprint density at radius 1 is 0.872 bits per heavy atom. The van der Waals surface area contributed by atoms with E-state index in [0.717, 1.165) is 5.69 Å². The van der Waals surface area contributed by atoms with Gasteiger partial charge in [-0.2, -0.15) is 0 Å². The normalized spacial score (nSPS) is 31.7. The predicted octanol–water partition coefficient (Wildman–Crippen LogP) is 3.20. The maximum absolute atomic E-state index is 14.4. The highest BCUT2D eigenvalue weighted by molar-refractivity contribution is 6.30. The van der Waals surface area contributed by atoms with E-state index in [1.165, 1.54) is 4.90 Å². The number of anilines is 2. The Balaban J connectivity index is 1.48. The second-order valence-corrected chi connectivity index (χ2v) is 10.8. The average molecular weight is 548 g/mol. The molecule has 4 aliphatic heterocycles. The first-order chi connectivity index (χ1) is 18.9. The van der Waals surface area contributed by atoms with Gasteiger partial charge >= 0.3 is 0 Å². The Morgan fingerprint density at radius 3 is 2.18 bits per heavy atom. The minimum atomic E-state index is -1.37. The van der Waals surface area contributed by atoms with E-state index in [1.54, 1.807) is 34.1 Å². The lowest BCUT2D eigenvalue weighted by Gasteiger charge is -2.38. The molecule has 1 spiro atoms. The predicted molar refractivity (Wildman–Crippen MR) is 147 cm³/mol. The first kappa shape index (κ1) is 25.8. The number of aliphatic hydroxyl groups excluding tert-OH is 1. The van der Waals surface area contributed by atoms with E-state index in [2.05, 4.69) is 0 Å². The van der Waals surface area contributed by atoms with Crippen LogP contribution in [0, 0.1) is 11.8 Å². The molecule has 0 bridgehead atoms. The molecule has 1 unspecified atom stereocenters. The molecule has 2 saturated heterocycles. The molecule has 8 nitrogen and oxygen atoms in total. The van der Waals surface area contributed by atoms with Gasteiger partial charge in [-0.3, -0.25) is 14.4 Å². The van der Waals surface area contributed by atoms with Crippen molar-refractivity contribution in [2.24, 2.45) is 11.8 Å². The standard InChI is InChI=1S/C30H30ClN3O5/c1-2-29-14-6-16-32(21-8-4-3-5-9-21)26(36)23(29)24-27(37)34(18-19-35)25-28(38)33(17-7-15-30(24,25)39-29)22-12-10-20(31)11-13-22/h3-15,23-25,35H,2,16-19H2,1H3/t23-,24-,25?,29+,30-/m0/s1. The smallest absolute Gasteiger partial charge is 0.253 e. The van der Waals surface area contributed by atoms with Crippen molar-refractivity contribution in [2.75, 3.05) is 36.0 Å². The Kier molecular flexibility index (Phi) is 6.37. The second-order valence-electron chi connectivity index (χ2n) is 10.4. The largest absolute Gasteiger partial charge is 0.395 e. The van der Waals surface area contributed by atoms with Crippen LogP contribution in [-0.4, -0.2) is 71.2 Å². The van der Waals surface area contributed by atoms with Crippen LogP contribution in [0.1, 0.15) is 13.3 Å². The first-order valence-corrected chi connectivity index (χ1v) is 13.6. The minimum absolute atomic E-state index is 0.0442. The van der Waals surface area contributed by atoms with E-state index < -0.39 is 29.1 Å². The summed E-state index contributed by atoms with van der Waals surface area (Å²) in [6.45, 7) is 2.18. The van der Waals surface area contributed by atoms with Crippen molar-refractivity contribution in [3.05, 3.63) is 83.9 Å². The van der Waals surface area contributed by atoms with Crippen LogP contribution in [-0.2, 0) is 19.1 Å². The van der Waals surface area contributed by atoms with E-state index in [0.29, 0.717) is 23.7 Å². The number of amides is 3. The summed E-state index contributed by atoms with van der Waals surface area (Å²) >= 11 is 6.09. The number of carbonyl (C=O) groups excluding carboxylic acids is 3. The highest BCUT2D eigenvalue weighted by Gasteiger charge is 2.75. The molecule has 4 heterocycles. The maximum Gasteiger partial charge on any atom is 0.253 e. The van der Waals surface area contributed by atoms with Crippen molar-refractivity contribution in [3.63, 3.8) is 0 Å². The number of benzene rings is 2. The summed E-state index contributed by atoms with van der Waals surface area (Å²) in [5.74, 6) is -2.68. The molecule has 0 saturated carbocycles. The monoisotopic (exact) mass is 547 g/mol. The summed E-state index contributed by atoms with van der Waals surface area (Å²) < 4.78 is 6.92. The summed E-state index contributed by atoms with van der Waals surface area (Å²) in [4.78, 5) is 47.5. The third-order valence-electron chi connectivity index (χ3n) is 8.49. The van der Waals surface area contributed by atoms with Gasteiger partial charge in [0.2, 0.25) is 11.8 Å². The zero-order valence-electron chi connectivity index (χ0n) is 21.6. The third-order valence-corrected chi connectivity index (χ3v) is 8.74. The molecule has 202 valence electrons. The molecule has 2 aromatic rings. The maximum atomic E-state index is 14.4. The lowest BCUT2D eigenvalue weighted by atomic mass is 9.73. The quantitative estimate of drug-likeness (QED) is 0.581. The molecular formula is C30H30ClN3O5. The van der Waals surface area contributed by atoms with Crippen LogP contribution in [0.3, 0.4) is 0 Å². The molecule has 6 rings (SSSR count). The Bertz CT molecular complexity index is 1360. The number of rotatable bonds is 5. The molecule has 39 heavy (non-hydrogen) atoms. The van der Waals surface area contributed by atoms with Gasteiger partial charge in [0.1, 0.15) is 11.6 Å². The molecule has 0 aromatic heterocycles. The number of fused-ring (bicyclic) bond motifs is 2. The number of ether oxygens (including phenoxy) is 1. The second kappa shape index (κ2) is 9.62. The van der Waals surface area contributed by atoms with Crippen molar-refractivity contribution in [2.45, 2.75) is 30.6 Å². The fraction of sp³-hybridized carbons (Fsp3) is 0.367. The Hall–Kier alpha value is -3.46. The fourth-order valence-corrected chi connectivity index (χ4v) is 6.93. The van der Waals surface area contributed by atoms with E-state index >= 15 is 0 Å². The highest BCUT2D eigenvalue weighted by atomic mass is 35.5. The number of hydrogen-bond donors (Lipinski definition) is 1. The molecule has 0 aliphatic carbocycles. The van der Waals surface area contributed by atoms with Gasteiger partial charge < -0.3 is 24.5 Å². The van der Waals surface area contributed by atoms with Gasteiger partial charge in [-0.15, -0.1) is 0 Å². The van der Waals surface area contributed by atoms with Crippen molar-refractivity contribution < 1.29 is 24.2 Å².